The van der Waals surface area contributed by atoms with Crippen LogP contribution in [0.25, 0.3) is 0 Å². The molecular weight excluding hydrogens is 258 g/mol. The van der Waals surface area contributed by atoms with Gasteiger partial charge in [0, 0.05) is 17.5 Å². The van der Waals surface area contributed by atoms with E-state index in [1.165, 1.54) is 4.88 Å². The van der Waals surface area contributed by atoms with Gasteiger partial charge in [0.2, 0.25) is 5.91 Å². The minimum absolute atomic E-state index is 0.0858. The van der Waals surface area contributed by atoms with E-state index in [0.717, 1.165) is 19.5 Å². The molecule has 5 heteroatoms. The summed E-state index contributed by atoms with van der Waals surface area (Å²) < 4.78 is 0. The second kappa shape index (κ2) is 6.50. The fraction of sp³-hybridized carbons (Fsp3) is 0.643. The Hall–Kier alpha value is -0.910. The summed E-state index contributed by atoms with van der Waals surface area (Å²) in [5.74, 6) is 0.645. The number of amides is 1. The van der Waals surface area contributed by atoms with Gasteiger partial charge in [-0.2, -0.15) is 0 Å². The minimum Gasteiger partial charge on any atom is -0.348 e. The molecule has 1 aliphatic rings. The van der Waals surface area contributed by atoms with Gasteiger partial charge in [0.1, 0.15) is 0 Å². The van der Waals surface area contributed by atoms with Crippen LogP contribution in [0.2, 0.25) is 0 Å². The maximum absolute atomic E-state index is 12.0. The molecule has 106 valence electrons. The Balaban J connectivity index is 1.78. The van der Waals surface area contributed by atoms with Gasteiger partial charge in [-0.25, -0.2) is 0 Å². The van der Waals surface area contributed by atoms with Crippen LogP contribution in [-0.2, 0) is 4.79 Å². The molecule has 3 N–H and O–H groups in total. The van der Waals surface area contributed by atoms with Crippen LogP contribution in [0.4, 0.5) is 0 Å². The van der Waals surface area contributed by atoms with Crippen LogP contribution in [-0.4, -0.2) is 36.5 Å². The summed E-state index contributed by atoms with van der Waals surface area (Å²) in [5, 5.41) is 5.08. The minimum atomic E-state index is 0.0858. The van der Waals surface area contributed by atoms with Gasteiger partial charge in [0.05, 0.1) is 12.6 Å². The van der Waals surface area contributed by atoms with Crippen molar-refractivity contribution in [1.29, 1.82) is 0 Å². The molecule has 1 aromatic rings. The molecule has 0 radical (unpaired) electrons. The smallest absolute Gasteiger partial charge is 0.234 e. The summed E-state index contributed by atoms with van der Waals surface area (Å²) in [4.78, 5) is 15.4. The highest BCUT2D eigenvalue weighted by Gasteiger charge is 2.24. The highest BCUT2D eigenvalue weighted by atomic mass is 32.1. The van der Waals surface area contributed by atoms with Gasteiger partial charge in [0.25, 0.3) is 0 Å². The SMILES string of the molecule is CC(NC(=O)CN1CCC(C)C(N)C1)c1cccs1. The van der Waals surface area contributed by atoms with Gasteiger partial charge >= 0.3 is 0 Å². The lowest BCUT2D eigenvalue weighted by molar-refractivity contribution is -0.123. The van der Waals surface area contributed by atoms with E-state index in [-0.39, 0.29) is 18.0 Å². The van der Waals surface area contributed by atoms with Crippen molar-refractivity contribution in [2.75, 3.05) is 19.6 Å². The van der Waals surface area contributed by atoms with Crippen LogP contribution in [0, 0.1) is 5.92 Å². The normalized spacial score (nSPS) is 26.1. The molecule has 0 aromatic carbocycles. The first-order chi connectivity index (χ1) is 9.06. The van der Waals surface area contributed by atoms with E-state index >= 15 is 0 Å². The van der Waals surface area contributed by atoms with Crippen LogP contribution in [0.1, 0.15) is 31.2 Å². The average molecular weight is 281 g/mol. The van der Waals surface area contributed by atoms with Gasteiger partial charge < -0.3 is 11.1 Å². The summed E-state index contributed by atoms with van der Waals surface area (Å²) in [6, 6.07) is 4.34. The van der Waals surface area contributed by atoms with E-state index in [0.29, 0.717) is 12.5 Å². The van der Waals surface area contributed by atoms with Crippen molar-refractivity contribution in [3.8, 4) is 0 Å². The lowest BCUT2D eigenvalue weighted by Crippen LogP contribution is -2.50. The number of carbonyl (C=O) groups excluding carboxylic acids is 1. The fourth-order valence-electron chi connectivity index (χ4n) is 2.41. The van der Waals surface area contributed by atoms with Gasteiger partial charge in [0.15, 0.2) is 0 Å². The number of rotatable bonds is 4. The molecule has 1 aliphatic heterocycles. The van der Waals surface area contributed by atoms with E-state index < -0.39 is 0 Å². The fourth-order valence-corrected chi connectivity index (χ4v) is 3.15. The summed E-state index contributed by atoms with van der Waals surface area (Å²) in [6.45, 7) is 6.45. The molecule has 0 aliphatic carbocycles. The number of likely N-dealkylation sites (tertiary alicyclic amines) is 1. The first-order valence-corrected chi connectivity index (χ1v) is 7.75. The number of hydrogen-bond acceptors (Lipinski definition) is 4. The highest BCUT2D eigenvalue weighted by Crippen LogP contribution is 2.18. The molecule has 2 heterocycles. The van der Waals surface area contributed by atoms with Crippen LogP contribution < -0.4 is 11.1 Å². The third-order valence-corrected chi connectivity index (χ3v) is 4.87. The van der Waals surface area contributed by atoms with Gasteiger partial charge in [-0.15, -0.1) is 11.3 Å². The number of thiophene rings is 1. The molecular formula is C14H23N3OS. The lowest BCUT2D eigenvalue weighted by atomic mass is 9.94. The van der Waals surface area contributed by atoms with Crippen molar-refractivity contribution in [3.05, 3.63) is 22.4 Å². The zero-order valence-electron chi connectivity index (χ0n) is 11.6. The van der Waals surface area contributed by atoms with E-state index in [1.54, 1.807) is 11.3 Å². The van der Waals surface area contributed by atoms with Gasteiger partial charge in [-0.05, 0) is 37.3 Å². The van der Waals surface area contributed by atoms with Crippen molar-refractivity contribution in [3.63, 3.8) is 0 Å². The standard InChI is InChI=1S/C14H23N3OS/c1-10-5-6-17(8-12(10)15)9-14(18)16-11(2)13-4-3-7-19-13/h3-4,7,10-12H,5-6,8-9,15H2,1-2H3,(H,16,18). The number of piperidine rings is 1. The summed E-state index contributed by atoms with van der Waals surface area (Å²) in [5.41, 5.74) is 6.05. The van der Waals surface area contributed by atoms with Crippen molar-refractivity contribution in [2.24, 2.45) is 11.7 Å². The number of carbonyl (C=O) groups is 1. The van der Waals surface area contributed by atoms with E-state index in [2.05, 4.69) is 17.1 Å². The first-order valence-electron chi connectivity index (χ1n) is 6.87. The van der Waals surface area contributed by atoms with Crippen molar-refractivity contribution < 1.29 is 4.79 Å². The molecule has 1 saturated heterocycles. The van der Waals surface area contributed by atoms with E-state index in [1.807, 2.05) is 24.4 Å². The van der Waals surface area contributed by atoms with Crippen molar-refractivity contribution in [1.82, 2.24) is 10.2 Å². The maximum Gasteiger partial charge on any atom is 0.234 e. The molecule has 3 unspecified atom stereocenters. The summed E-state index contributed by atoms with van der Waals surface area (Å²) in [7, 11) is 0. The number of nitrogens with two attached hydrogens (primary N) is 1. The predicted molar refractivity (Wildman–Crippen MR) is 79.1 cm³/mol. The molecule has 1 amide bonds. The van der Waals surface area contributed by atoms with Crippen LogP contribution in [0.3, 0.4) is 0 Å². The molecule has 2 rings (SSSR count). The van der Waals surface area contributed by atoms with Crippen molar-refractivity contribution >= 4 is 17.2 Å². The Labute approximate surface area is 119 Å². The Morgan fingerprint density at radius 1 is 1.68 bits per heavy atom. The third-order valence-electron chi connectivity index (χ3n) is 3.82. The number of hydrogen-bond donors (Lipinski definition) is 2. The maximum atomic E-state index is 12.0. The lowest BCUT2D eigenvalue weighted by Gasteiger charge is -2.34. The topological polar surface area (TPSA) is 58.4 Å². The van der Waals surface area contributed by atoms with Crippen LogP contribution >= 0.6 is 11.3 Å². The number of nitrogens with one attached hydrogen (secondary N) is 1. The molecule has 3 atom stereocenters. The molecule has 0 spiro atoms. The summed E-state index contributed by atoms with van der Waals surface area (Å²) >= 11 is 1.67. The monoisotopic (exact) mass is 281 g/mol. The Bertz CT molecular complexity index is 407. The first kappa shape index (κ1) is 14.5. The Morgan fingerprint density at radius 2 is 2.47 bits per heavy atom. The largest absolute Gasteiger partial charge is 0.348 e. The zero-order valence-corrected chi connectivity index (χ0v) is 12.5. The Kier molecular flexibility index (Phi) is 4.96. The second-order valence-corrected chi connectivity index (χ2v) is 6.45. The zero-order chi connectivity index (χ0) is 13.8. The molecule has 0 saturated carbocycles. The van der Waals surface area contributed by atoms with Crippen LogP contribution in [0.5, 0.6) is 0 Å². The molecule has 1 fully saturated rings. The Morgan fingerprint density at radius 3 is 3.11 bits per heavy atom. The summed E-state index contributed by atoms with van der Waals surface area (Å²) in [6.07, 6.45) is 1.08. The van der Waals surface area contributed by atoms with Gasteiger partial charge in [-0.1, -0.05) is 13.0 Å². The van der Waals surface area contributed by atoms with Gasteiger partial charge in [-0.3, -0.25) is 9.69 Å². The molecule has 4 nitrogen and oxygen atoms in total. The quantitative estimate of drug-likeness (QED) is 0.881. The van der Waals surface area contributed by atoms with E-state index in [9.17, 15) is 4.79 Å². The molecule has 1 aromatic heterocycles. The number of nitrogens with zero attached hydrogens (tertiary/aromatic N) is 1. The highest BCUT2D eigenvalue weighted by molar-refractivity contribution is 7.10. The molecule has 0 bridgehead atoms. The second-order valence-electron chi connectivity index (χ2n) is 5.47. The predicted octanol–water partition coefficient (Wildman–Crippen LogP) is 1.59. The van der Waals surface area contributed by atoms with Crippen molar-refractivity contribution in [2.45, 2.75) is 32.4 Å². The van der Waals surface area contributed by atoms with E-state index in [4.69, 9.17) is 5.73 Å². The third kappa shape index (κ3) is 4.03. The average Bonchev–Trinajstić information content (AvgIpc) is 2.87. The van der Waals surface area contributed by atoms with Crippen LogP contribution in [0.15, 0.2) is 17.5 Å². The molecule has 19 heavy (non-hydrogen) atoms.